The molecule has 31 heavy (non-hydrogen) atoms. The van der Waals surface area contributed by atoms with Crippen LogP contribution in [0.4, 0.5) is 0 Å². The highest BCUT2D eigenvalue weighted by Gasteiger charge is 2.26. The third-order valence-corrected chi connectivity index (χ3v) is 5.41. The van der Waals surface area contributed by atoms with Crippen LogP contribution in [0.15, 0.2) is 78.9 Å². The third kappa shape index (κ3) is 7.23. The van der Waals surface area contributed by atoms with Gasteiger partial charge in [-0.25, -0.2) is 0 Å². The third-order valence-electron chi connectivity index (χ3n) is 5.41. The molecule has 0 amide bonds. The van der Waals surface area contributed by atoms with E-state index >= 15 is 0 Å². The summed E-state index contributed by atoms with van der Waals surface area (Å²) < 4.78 is 12.5. The zero-order chi connectivity index (χ0) is 22.3. The van der Waals surface area contributed by atoms with Crippen LogP contribution in [-0.4, -0.2) is 16.3 Å². The summed E-state index contributed by atoms with van der Waals surface area (Å²) in [6.07, 6.45) is 1.33. The molecule has 3 heteroatoms. The monoisotopic (exact) mass is 418 g/mol. The summed E-state index contributed by atoms with van der Waals surface area (Å²) in [7, 11) is 0. The van der Waals surface area contributed by atoms with Crippen LogP contribution in [0.1, 0.15) is 49.9 Å². The van der Waals surface area contributed by atoms with E-state index in [1.54, 1.807) is 6.07 Å². The Hall–Kier alpha value is -2.62. The van der Waals surface area contributed by atoms with Crippen LogP contribution < -0.4 is 0 Å². The van der Waals surface area contributed by atoms with Gasteiger partial charge in [0.1, 0.15) is 5.75 Å². The Morgan fingerprint density at radius 3 is 1.61 bits per heavy atom. The van der Waals surface area contributed by atoms with Crippen molar-refractivity contribution in [1.29, 1.82) is 0 Å². The van der Waals surface area contributed by atoms with Crippen LogP contribution >= 0.6 is 0 Å². The predicted molar refractivity (Wildman–Crippen MR) is 126 cm³/mol. The SMILES string of the molecule is CC(C)(Cc1cccc(O)c1CC(C)(C)OCc1ccccc1)OCc1ccccc1. The van der Waals surface area contributed by atoms with E-state index in [0.717, 1.165) is 22.3 Å². The van der Waals surface area contributed by atoms with Gasteiger partial charge in [-0.1, -0.05) is 72.8 Å². The lowest BCUT2D eigenvalue weighted by Gasteiger charge is -2.30. The second kappa shape index (κ2) is 10.1. The molecule has 0 saturated carbocycles. The summed E-state index contributed by atoms with van der Waals surface area (Å²) in [5.74, 6) is 0.313. The molecule has 0 bridgehead atoms. The normalized spacial score (nSPS) is 12.1. The summed E-state index contributed by atoms with van der Waals surface area (Å²) in [4.78, 5) is 0. The number of phenolic OH excluding ortho intramolecular Hbond substituents is 1. The second-order valence-corrected chi connectivity index (χ2v) is 9.34. The lowest BCUT2D eigenvalue weighted by Crippen LogP contribution is -2.30. The average Bonchev–Trinajstić information content (AvgIpc) is 2.75. The fourth-order valence-electron chi connectivity index (χ4n) is 3.68. The van der Waals surface area contributed by atoms with E-state index in [-0.39, 0.29) is 5.60 Å². The number of aromatic hydroxyl groups is 1. The zero-order valence-electron chi connectivity index (χ0n) is 19.1. The molecular weight excluding hydrogens is 384 g/mol. The number of rotatable bonds is 10. The summed E-state index contributed by atoms with van der Waals surface area (Å²) in [6, 6.07) is 26.1. The quantitative estimate of drug-likeness (QED) is 0.410. The van der Waals surface area contributed by atoms with E-state index in [4.69, 9.17) is 9.47 Å². The van der Waals surface area contributed by atoms with Crippen molar-refractivity contribution in [2.24, 2.45) is 0 Å². The number of hydrogen-bond acceptors (Lipinski definition) is 3. The number of phenols is 1. The molecule has 0 aromatic heterocycles. The van der Waals surface area contributed by atoms with Crippen LogP contribution in [-0.2, 0) is 35.5 Å². The first-order chi connectivity index (χ1) is 14.7. The average molecular weight is 419 g/mol. The van der Waals surface area contributed by atoms with Gasteiger partial charge in [-0.3, -0.25) is 0 Å². The lowest BCUT2D eigenvalue weighted by atomic mass is 9.88. The Kier molecular flexibility index (Phi) is 7.53. The molecular formula is C28H34O3. The molecule has 3 aromatic carbocycles. The van der Waals surface area contributed by atoms with E-state index in [0.29, 0.717) is 31.8 Å². The highest BCUT2D eigenvalue weighted by molar-refractivity contribution is 5.41. The van der Waals surface area contributed by atoms with E-state index in [1.165, 1.54) is 0 Å². The minimum absolute atomic E-state index is 0.313. The Labute approximate surface area is 186 Å². The van der Waals surface area contributed by atoms with Crippen LogP contribution in [0.25, 0.3) is 0 Å². The molecule has 0 spiro atoms. The Morgan fingerprint density at radius 1 is 0.613 bits per heavy atom. The standard InChI is InChI=1S/C28H34O3/c1-27(2,30-20-22-12-7-5-8-13-22)18-24-16-11-17-26(29)25(24)19-28(3,4)31-21-23-14-9-6-10-15-23/h5-17,29H,18-21H2,1-4H3. The molecule has 0 saturated heterocycles. The molecule has 0 radical (unpaired) electrons. The smallest absolute Gasteiger partial charge is 0.119 e. The summed E-state index contributed by atoms with van der Waals surface area (Å²) >= 11 is 0. The van der Waals surface area contributed by atoms with Crippen molar-refractivity contribution in [2.75, 3.05) is 0 Å². The molecule has 0 heterocycles. The van der Waals surface area contributed by atoms with Crippen molar-refractivity contribution < 1.29 is 14.6 Å². The summed E-state index contributed by atoms with van der Waals surface area (Å²) in [5.41, 5.74) is 3.53. The molecule has 0 fully saturated rings. The van der Waals surface area contributed by atoms with Crippen molar-refractivity contribution in [2.45, 2.75) is 65.0 Å². The van der Waals surface area contributed by atoms with Gasteiger partial charge < -0.3 is 14.6 Å². The zero-order valence-corrected chi connectivity index (χ0v) is 19.1. The van der Waals surface area contributed by atoms with Crippen LogP contribution in [0, 0.1) is 0 Å². The summed E-state index contributed by atoms with van der Waals surface area (Å²) in [5, 5.41) is 10.6. The number of ether oxygens (including phenoxy) is 2. The first-order valence-electron chi connectivity index (χ1n) is 10.9. The van der Waals surface area contributed by atoms with Gasteiger partial charge >= 0.3 is 0 Å². The largest absolute Gasteiger partial charge is 0.508 e. The molecule has 3 aromatic rings. The fourth-order valence-corrected chi connectivity index (χ4v) is 3.68. The van der Waals surface area contributed by atoms with Gasteiger partial charge in [0.05, 0.1) is 24.4 Å². The van der Waals surface area contributed by atoms with Gasteiger partial charge in [0, 0.05) is 12.8 Å². The van der Waals surface area contributed by atoms with Crippen molar-refractivity contribution in [3.8, 4) is 5.75 Å². The Balaban J connectivity index is 1.68. The van der Waals surface area contributed by atoms with Crippen molar-refractivity contribution in [1.82, 2.24) is 0 Å². The molecule has 0 unspecified atom stereocenters. The molecule has 0 aliphatic rings. The Morgan fingerprint density at radius 2 is 1.10 bits per heavy atom. The van der Waals surface area contributed by atoms with E-state index in [2.05, 4.69) is 58.0 Å². The fraction of sp³-hybridized carbons (Fsp3) is 0.357. The highest BCUT2D eigenvalue weighted by Crippen LogP contribution is 2.31. The molecule has 0 atom stereocenters. The summed E-state index contributed by atoms with van der Waals surface area (Å²) in [6.45, 7) is 9.45. The molecule has 1 N–H and O–H groups in total. The van der Waals surface area contributed by atoms with E-state index < -0.39 is 5.60 Å². The van der Waals surface area contributed by atoms with Crippen molar-refractivity contribution >= 4 is 0 Å². The minimum Gasteiger partial charge on any atom is -0.508 e. The van der Waals surface area contributed by atoms with E-state index in [9.17, 15) is 5.11 Å². The van der Waals surface area contributed by atoms with Gasteiger partial charge in [0.15, 0.2) is 0 Å². The Bertz CT molecular complexity index is 947. The van der Waals surface area contributed by atoms with E-state index in [1.807, 2.05) is 42.5 Å². The number of hydrogen-bond donors (Lipinski definition) is 1. The van der Waals surface area contributed by atoms with Crippen LogP contribution in [0.2, 0.25) is 0 Å². The predicted octanol–water partition coefficient (Wildman–Crippen LogP) is 6.47. The molecule has 0 aliphatic heterocycles. The van der Waals surface area contributed by atoms with Gasteiger partial charge in [-0.2, -0.15) is 0 Å². The van der Waals surface area contributed by atoms with Gasteiger partial charge in [-0.05, 0) is 56.0 Å². The van der Waals surface area contributed by atoms with Crippen molar-refractivity contribution in [3.05, 3.63) is 101 Å². The highest BCUT2D eigenvalue weighted by atomic mass is 16.5. The lowest BCUT2D eigenvalue weighted by molar-refractivity contribution is -0.0330. The molecule has 3 rings (SSSR count). The second-order valence-electron chi connectivity index (χ2n) is 9.34. The van der Waals surface area contributed by atoms with Gasteiger partial charge in [0.25, 0.3) is 0 Å². The maximum atomic E-state index is 10.6. The van der Waals surface area contributed by atoms with Crippen molar-refractivity contribution in [3.63, 3.8) is 0 Å². The maximum Gasteiger partial charge on any atom is 0.119 e. The van der Waals surface area contributed by atoms with Crippen LogP contribution in [0.5, 0.6) is 5.75 Å². The van der Waals surface area contributed by atoms with Gasteiger partial charge in [-0.15, -0.1) is 0 Å². The first kappa shape index (κ1) is 23.1. The minimum atomic E-state index is -0.418. The topological polar surface area (TPSA) is 38.7 Å². The van der Waals surface area contributed by atoms with Crippen LogP contribution in [0.3, 0.4) is 0 Å². The molecule has 3 nitrogen and oxygen atoms in total. The van der Waals surface area contributed by atoms with Gasteiger partial charge in [0.2, 0.25) is 0 Å². The number of benzene rings is 3. The maximum absolute atomic E-state index is 10.6. The molecule has 0 aliphatic carbocycles. The molecule has 164 valence electrons. The first-order valence-corrected chi connectivity index (χ1v) is 10.9.